The predicted octanol–water partition coefficient (Wildman–Crippen LogP) is 4.10. The lowest BCUT2D eigenvalue weighted by atomic mass is 10.1. The number of nitrogens with one attached hydrogen (secondary N) is 1. The van der Waals surface area contributed by atoms with Crippen LogP contribution in [0.5, 0.6) is 0 Å². The first-order valence-corrected chi connectivity index (χ1v) is 8.71. The molecule has 0 bridgehead atoms. The third-order valence-corrected chi connectivity index (χ3v) is 5.85. The van der Waals surface area contributed by atoms with Crippen LogP contribution >= 0.6 is 27.5 Å². The minimum absolute atomic E-state index is 0.00530. The molecule has 0 aliphatic heterocycles. The molecule has 4 nitrogen and oxygen atoms in total. The van der Waals surface area contributed by atoms with Crippen LogP contribution in [0.4, 0.5) is 11.4 Å². The van der Waals surface area contributed by atoms with E-state index in [2.05, 4.69) is 20.7 Å². The van der Waals surface area contributed by atoms with Crippen molar-refractivity contribution >= 4 is 48.9 Å². The Morgan fingerprint density at radius 2 is 1.81 bits per heavy atom. The number of nitrogens with two attached hydrogens (primary N) is 1. The second-order valence-electron chi connectivity index (χ2n) is 4.71. The number of halogens is 2. The van der Waals surface area contributed by atoms with E-state index in [-0.39, 0.29) is 15.6 Å². The summed E-state index contributed by atoms with van der Waals surface area (Å²) in [5.74, 6) is 0. The summed E-state index contributed by atoms with van der Waals surface area (Å²) in [5.41, 5.74) is 8.58. The van der Waals surface area contributed by atoms with Crippen molar-refractivity contribution in [3.63, 3.8) is 0 Å². The molecular formula is C14H14BrClN2O2S. The first kappa shape index (κ1) is 16.1. The van der Waals surface area contributed by atoms with Crippen molar-refractivity contribution in [2.45, 2.75) is 18.7 Å². The number of aryl methyl sites for hydroxylation is 2. The highest BCUT2D eigenvalue weighted by Gasteiger charge is 2.20. The van der Waals surface area contributed by atoms with Crippen molar-refractivity contribution in [2.24, 2.45) is 0 Å². The van der Waals surface area contributed by atoms with Crippen LogP contribution in [0.3, 0.4) is 0 Å². The zero-order valence-corrected chi connectivity index (χ0v) is 14.6. The number of benzene rings is 2. The maximum Gasteiger partial charge on any atom is 0.263 e. The molecule has 0 aliphatic carbocycles. The lowest BCUT2D eigenvalue weighted by Crippen LogP contribution is -2.14. The van der Waals surface area contributed by atoms with Gasteiger partial charge in [0.1, 0.15) is 4.90 Å². The van der Waals surface area contributed by atoms with Crippen molar-refractivity contribution in [1.29, 1.82) is 0 Å². The van der Waals surface area contributed by atoms with Gasteiger partial charge in [0.15, 0.2) is 0 Å². The van der Waals surface area contributed by atoms with Gasteiger partial charge in [-0.1, -0.05) is 17.7 Å². The van der Waals surface area contributed by atoms with Crippen LogP contribution in [0, 0.1) is 13.8 Å². The molecule has 0 atom stereocenters. The minimum Gasteiger partial charge on any atom is -0.398 e. The number of anilines is 2. The van der Waals surface area contributed by atoms with Gasteiger partial charge in [0.05, 0.1) is 4.47 Å². The van der Waals surface area contributed by atoms with Gasteiger partial charge in [0.2, 0.25) is 0 Å². The van der Waals surface area contributed by atoms with Gasteiger partial charge in [-0.3, -0.25) is 4.72 Å². The van der Waals surface area contributed by atoms with E-state index in [1.807, 2.05) is 19.9 Å². The number of sulfonamides is 1. The van der Waals surface area contributed by atoms with Gasteiger partial charge in [-0.15, -0.1) is 0 Å². The molecule has 0 radical (unpaired) electrons. The van der Waals surface area contributed by atoms with Gasteiger partial charge < -0.3 is 5.73 Å². The summed E-state index contributed by atoms with van der Waals surface area (Å²) in [6.45, 7) is 3.88. The Morgan fingerprint density at radius 1 is 1.14 bits per heavy atom. The molecule has 21 heavy (non-hydrogen) atoms. The Kier molecular flexibility index (Phi) is 4.51. The lowest BCUT2D eigenvalue weighted by molar-refractivity contribution is 0.601. The summed E-state index contributed by atoms with van der Waals surface area (Å²) in [5, 5.41) is 0.260. The fourth-order valence-electron chi connectivity index (χ4n) is 1.80. The largest absolute Gasteiger partial charge is 0.398 e. The normalized spacial score (nSPS) is 11.4. The maximum absolute atomic E-state index is 12.5. The van der Waals surface area contributed by atoms with Crippen LogP contribution in [0.15, 0.2) is 39.7 Å². The monoisotopic (exact) mass is 388 g/mol. The Balaban J connectivity index is 2.45. The van der Waals surface area contributed by atoms with Crippen LogP contribution in [-0.4, -0.2) is 8.42 Å². The third-order valence-electron chi connectivity index (χ3n) is 3.08. The van der Waals surface area contributed by atoms with Gasteiger partial charge in [-0.05, 0) is 65.2 Å². The average Bonchev–Trinajstić information content (AvgIpc) is 2.37. The van der Waals surface area contributed by atoms with Crippen LogP contribution in [0.2, 0.25) is 5.02 Å². The highest BCUT2D eigenvalue weighted by atomic mass is 79.9. The molecule has 2 aromatic rings. The van der Waals surface area contributed by atoms with Crippen LogP contribution in [0.1, 0.15) is 11.1 Å². The van der Waals surface area contributed by atoms with E-state index in [1.165, 1.54) is 12.1 Å². The van der Waals surface area contributed by atoms with E-state index in [0.717, 1.165) is 11.1 Å². The van der Waals surface area contributed by atoms with Crippen molar-refractivity contribution in [3.8, 4) is 0 Å². The Bertz CT molecular complexity index is 807. The molecule has 7 heteroatoms. The van der Waals surface area contributed by atoms with Crippen molar-refractivity contribution in [3.05, 3.63) is 51.0 Å². The number of hydrogen-bond acceptors (Lipinski definition) is 3. The molecule has 0 heterocycles. The molecular weight excluding hydrogens is 376 g/mol. The summed E-state index contributed by atoms with van der Waals surface area (Å²) < 4.78 is 27.8. The molecule has 112 valence electrons. The number of nitrogen functional groups attached to an aromatic ring is 1. The van der Waals surface area contributed by atoms with Crippen molar-refractivity contribution in [2.75, 3.05) is 10.5 Å². The molecule has 2 aromatic carbocycles. The first-order chi connectivity index (χ1) is 9.70. The number of rotatable bonds is 3. The zero-order chi connectivity index (χ0) is 15.8. The van der Waals surface area contributed by atoms with Gasteiger partial charge in [-0.25, -0.2) is 8.42 Å². The Labute approximate surface area is 137 Å². The highest BCUT2D eigenvalue weighted by Crippen LogP contribution is 2.32. The van der Waals surface area contributed by atoms with E-state index >= 15 is 0 Å². The predicted molar refractivity (Wildman–Crippen MR) is 90.3 cm³/mol. The van der Waals surface area contributed by atoms with E-state index in [4.69, 9.17) is 17.3 Å². The molecule has 0 fully saturated rings. The fraction of sp³-hybridized carbons (Fsp3) is 0.143. The maximum atomic E-state index is 12.5. The van der Waals surface area contributed by atoms with Gasteiger partial charge >= 0.3 is 0 Å². The van der Waals surface area contributed by atoms with Gasteiger partial charge in [0.25, 0.3) is 10.0 Å². The van der Waals surface area contributed by atoms with E-state index < -0.39 is 10.0 Å². The van der Waals surface area contributed by atoms with Gasteiger partial charge in [-0.2, -0.15) is 0 Å². The SMILES string of the molecule is Cc1ccc(NS(=O)(=O)c2cc(Cl)cc(N)c2Br)cc1C. The molecule has 0 aliphatic rings. The van der Waals surface area contributed by atoms with Crippen LogP contribution in [0.25, 0.3) is 0 Å². The summed E-state index contributed by atoms with van der Waals surface area (Å²) in [4.78, 5) is 0.00530. The van der Waals surface area contributed by atoms with Crippen molar-refractivity contribution < 1.29 is 8.42 Å². The molecule has 0 saturated heterocycles. The van der Waals surface area contributed by atoms with Crippen LogP contribution in [-0.2, 0) is 10.0 Å². The second-order valence-corrected chi connectivity index (χ2v) is 7.59. The molecule has 0 amide bonds. The van der Waals surface area contributed by atoms with Crippen LogP contribution < -0.4 is 10.5 Å². The molecule has 2 rings (SSSR count). The standard InChI is InChI=1S/C14H14BrClN2O2S/c1-8-3-4-11(5-9(8)2)18-21(19,20)13-7-10(16)6-12(17)14(13)15/h3-7,18H,17H2,1-2H3. The Hall–Kier alpha value is -1.24. The molecule has 3 N–H and O–H groups in total. The Morgan fingerprint density at radius 3 is 2.43 bits per heavy atom. The van der Waals surface area contributed by atoms with Gasteiger partial charge in [0, 0.05) is 16.4 Å². The zero-order valence-electron chi connectivity index (χ0n) is 11.4. The minimum atomic E-state index is -3.78. The third kappa shape index (κ3) is 3.51. The molecule has 0 aromatic heterocycles. The summed E-state index contributed by atoms with van der Waals surface area (Å²) >= 11 is 9.07. The quantitative estimate of drug-likeness (QED) is 0.776. The smallest absolute Gasteiger partial charge is 0.263 e. The van der Waals surface area contributed by atoms with E-state index in [9.17, 15) is 8.42 Å². The van der Waals surface area contributed by atoms with E-state index in [1.54, 1.807) is 12.1 Å². The molecule has 0 saturated carbocycles. The average molecular weight is 390 g/mol. The summed E-state index contributed by atoms with van der Waals surface area (Å²) in [6.07, 6.45) is 0. The summed E-state index contributed by atoms with van der Waals surface area (Å²) in [7, 11) is -3.78. The van der Waals surface area contributed by atoms with E-state index in [0.29, 0.717) is 10.2 Å². The first-order valence-electron chi connectivity index (χ1n) is 6.05. The number of hydrogen-bond donors (Lipinski definition) is 2. The second kappa shape index (κ2) is 5.87. The lowest BCUT2D eigenvalue weighted by Gasteiger charge is -2.12. The summed E-state index contributed by atoms with van der Waals surface area (Å²) in [6, 6.07) is 8.18. The fourth-order valence-corrected chi connectivity index (χ4v) is 4.14. The van der Waals surface area contributed by atoms with Crippen molar-refractivity contribution in [1.82, 2.24) is 0 Å². The molecule has 0 unspecified atom stereocenters. The highest BCUT2D eigenvalue weighted by molar-refractivity contribution is 9.10. The molecule has 0 spiro atoms. The topological polar surface area (TPSA) is 72.2 Å².